The van der Waals surface area contributed by atoms with E-state index >= 15 is 0 Å². The number of hydrogen-bond donors (Lipinski definition) is 0. The molecule has 1 nitrogen and oxygen atoms in total. The minimum atomic E-state index is -5.12. The third-order valence-electron chi connectivity index (χ3n) is 7.36. The average molecular weight is 459 g/mol. The van der Waals surface area contributed by atoms with Gasteiger partial charge in [0.05, 0.1) is 0 Å². The van der Waals surface area contributed by atoms with Gasteiger partial charge in [-0.2, -0.15) is 0 Å². The number of alkyl halides is 3. The van der Waals surface area contributed by atoms with Crippen molar-refractivity contribution < 1.29 is 26.7 Å². The first kappa shape index (κ1) is 25.0. The average Bonchev–Trinajstić information content (AvgIpc) is 2.75. The predicted molar refractivity (Wildman–Crippen MR) is 116 cm³/mol. The molecule has 180 valence electrons. The topological polar surface area (TPSA) is 9.23 Å². The van der Waals surface area contributed by atoms with Crippen molar-refractivity contribution in [1.29, 1.82) is 0 Å². The smallest absolute Gasteiger partial charge is 0.399 e. The van der Waals surface area contributed by atoms with Gasteiger partial charge in [-0.05, 0) is 99.2 Å². The van der Waals surface area contributed by atoms with Gasteiger partial charge in [0.1, 0.15) is 0 Å². The lowest BCUT2D eigenvalue weighted by Crippen LogP contribution is -2.25. The zero-order valence-electron chi connectivity index (χ0n) is 18.9. The number of unbranched alkanes of at least 4 members (excludes halogenated alkanes) is 1. The number of hydrogen-bond acceptors (Lipinski definition) is 1. The van der Waals surface area contributed by atoms with Crippen LogP contribution in [0, 0.1) is 35.3 Å². The molecule has 0 radical (unpaired) electrons. The van der Waals surface area contributed by atoms with E-state index in [1.165, 1.54) is 51.4 Å². The molecule has 0 aliphatic heterocycles. The number of ether oxygens (including phenoxy) is 1. The monoisotopic (exact) mass is 458 g/mol. The highest BCUT2D eigenvalue weighted by Gasteiger charge is 2.34. The third-order valence-corrected chi connectivity index (χ3v) is 7.36. The molecular weight excluding hydrogens is 423 g/mol. The van der Waals surface area contributed by atoms with Crippen LogP contribution in [0.25, 0.3) is 0 Å². The second-order valence-corrected chi connectivity index (χ2v) is 9.65. The van der Waals surface area contributed by atoms with Crippen molar-refractivity contribution in [2.24, 2.45) is 23.7 Å². The van der Waals surface area contributed by atoms with Crippen LogP contribution in [0.1, 0.15) is 83.1 Å². The van der Waals surface area contributed by atoms with E-state index < -0.39 is 23.7 Å². The first-order chi connectivity index (χ1) is 15.2. The molecule has 6 heteroatoms. The molecule has 0 unspecified atom stereocenters. The molecule has 0 spiro atoms. The Balaban J connectivity index is 1.41. The lowest BCUT2D eigenvalue weighted by Gasteiger charge is -2.37. The molecule has 2 aliphatic rings. The highest BCUT2D eigenvalue weighted by molar-refractivity contribution is 5.31. The van der Waals surface area contributed by atoms with Crippen LogP contribution in [0.3, 0.4) is 0 Å². The quantitative estimate of drug-likeness (QED) is 0.279. The van der Waals surface area contributed by atoms with Crippen LogP contribution in [0.4, 0.5) is 22.0 Å². The summed E-state index contributed by atoms with van der Waals surface area (Å²) >= 11 is 0. The molecule has 0 heterocycles. The molecule has 0 atom stereocenters. The molecule has 1 aromatic carbocycles. The molecule has 3 rings (SSSR count). The summed E-state index contributed by atoms with van der Waals surface area (Å²) in [5.41, 5.74) is 0.381. The minimum Gasteiger partial charge on any atom is -0.399 e. The Morgan fingerprint density at radius 1 is 0.906 bits per heavy atom. The zero-order valence-corrected chi connectivity index (χ0v) is 18.9. The van der Waals surface area contributed by atoms with Crippen molar-refractivity contribution in [3.05, 3.63) is 41.5 Å². The highest BCUT2D eigenvalue weighted by Crippen LogP contribution is 2.42. The lowest BCUT2D eigenvalue weighted by atomic mass is 9.68. The SMILES string of the molecule is CCC/C=C/C1CCC(C2CCC(CCc3cc(F)c(OC(F)(F)F)c(F)c3)CC2)CC1. The Kier molecular flexibility index (Phi) is 9.01. The van der Waals surface area contributed by atoms with Gasteiger partial charge < -0.3 is 4.74 Å². The predicted octanol–water partition coefficient (Wildman–Crippen LogP) is 8.77. The third kappa shape index (κ3) is 7.48. The number of benzene rings is 1. The molecular formula is C26H35F5O. The van der Waals surface area contributed by atoms with Gasteiger partial charge in [0, 0.05) is 0 Å². The first-order valence-corrected chi connectivity index (χ1v) is 12.2. The molecule has 2 fully saturated rings. The molecule has 1 aromatic rings. The number of allylic oxidation sites excluding steroid dienone is 2. The van der Waals surface area contributed by atoms with E-state index in [4.69, 9.17) is 0 Å². The van der Waals surface area contributed by atoms with Gasteiger partial charge >= 0.3 is 6.36 Å². The molecule has 0 amide bonds. The summed E-state index contributed by atoms with van der Waals surface area (Å²) in [6.07, 6.45) is 13.2. The van der Waals surface area contributed by atoms with Gasteiger partial charge in [-0.3, -0.25) is 0 Å². The van der Waals surface area contributed by atoms with Crippen molar-refractivity contribution in [2.45, 2.75) is 90.3 Å². The Morgan fingerprint density at radius 3 is 2.00 bits per heavy atom. The second kappa shape index (κ2) is 11.5. The summed E-state index contributed by atoms with van der Waals surface area (Å²) in [4.78, 5) is 0. The van der Waals surface area contributed by atoms with Crippen LogP contribution < -0.4 is 4.74 Å². The van der Waals surface area contributed by atoms with Gasteiger partial charge in [0.25, 0.3) is 0 Å². The van der Waals surface area contributed by atoms with E-state index in [9.17, 15) is 22.0 Å². The number of aryl methyl sites for hydroxylation is 1. The van der Waals surface area contributed by atoms with Crippen LogP contribution in [0.15, 0.2) is 24.3 Å². The number of halogens is 5. The van der Waals surface area contributed by atoms with Crippen molar-refractivity contribution in [3.63, 3.8) is 0 Å². The van der Waals surface area contributed by atoms with Crippen molar-refractivity contribution in [3.8, 4) is 5.75 Å². The van der Waals surface area contributed by atoms with E-state index in [1.54, 1.807) is 0 Å². The van der Waals surface area contributed by atoms with Gasteiger partial charge in [-0.1, -0.05) is 38.3 Å². The summed E-state index contributed by atoms with van der Waals surface area (Å²) in [7, 11) is 0. The van der Waals surface area contributed by atoms with Crippen molar-refractivity contribution in [1.82, 2.24) is 0 Å². The van der Waals surface area contributed by atoms with Crippen LogP contribution >= 0.6 is 0 Å². The van der Waals surface area contributed by atoms with Gasteiger partial charge in [-0.25, -0.2) is 8.78 Å². The molecule has 0 saturated heterocycles. The Bertz CT molecular complexity index is 718. The summed E-state index contributed by atoms with van der Waals surface area (Å²) in [6.45, 7) is 2.21. The summed E-state index contributed by atoms with van der Waals surface area (Å²) in [5, 5.41) is 0. The molecule has 2 saturated carbocycles. The molecule has 0 aromatic heterocycles. The van der Waals surface area contributed by atoms with Crippen LogP contribution in [-0.4, -0.2) is 6.36 Å². The molecule has 0 N–H and O–H groups in total. The van der Waals surface area contributed by atoms with Gasteiger partial charge in [0.15, 0.2) is 11.6 Å². The normalized spacial score (nSPS) is 27.1. The van der Waals surface area contributed by atoms with Crippen LogP contribution in [-0.2, 0) is 6.42 Å². The number of rotatable bonds is 8. The second-order valence-electron chi connectivity index (χ2n) is 9.65. The van der Waals surface area contributed by atoms with E-state index in [-0.39, 0.29) is 0 Å². The van der Waals surface area contributed by atoms with Gasteiger partial charge in [-0.15, -0.1) is 13.2 Å². The highest BCUT2D eigenvalue weighted by atomic mass is 19.4. The van der Waals surface area contributed by atoms with E-state index in [0.29, 0.717) is 17.9 Å². The standard InChI is InChI=1S/C26H35F5O/c1-2-3-4-5-18-8-12-21(13-9-18)22-14-10-19(11-15-22)6-7-20-16-23(27)25(24(28)17-20)32-26(29,30)31/h4-5,16-19,21-22H,2-3,6-15H2,1H3/b5-4+. The Morgan fingerprint density at radius 2 is 1.47 bits per heavy atom. The maximum atomic E-state index is 13.9. The largest absolute Gasteiger partial charge is 0.573 e. The van der Waals surface area contributed by atoms with Gasteiger partial charge in [0.2, 0.25) is 5.75 Å². The molecule has 32 heavy (non-hydrogen) atoms. The minimum absolute atomic E-state index is 0.381. The lowest BCUT2D eigenvalue weighted by molar-refractivity contribution is -0.276. The van der Waals surface area contributed by atoms with Crippen LogP contribution in [0.5, 0.6) is 5.75 Å². The van der Waals surface area contributed by atoms with Crippen molar-refractivity contribution in [2.75, 3.05) is 0 Å². The molecule has 2 aliphatic carbocycles. The Hall–Kier alpha value is -1.59. The first-order valence-electron chi connectivity index (χ1n) is 12.2. The summed E-state index contributed by atoms with van der Waals surface area (Å²) in [6, 6.07) is 1.92. The van der Waals surface area contributed by atoms with E-state index in [0.717, 1.165) is 49.1 Å². The maximum absolute atomic E-state index is 13.9. The molecule has 0 bridgehead atoms. The van der Waals surface area contributed by atoms with Crippen molar-refractivity contribution >= 4 is 0 Å². The fraction of sp³-hybridized carbons (Fsp3) is 0.692. The summed E-state index contributed by atoms with van der Waals surface area (Å²) in [5.74, 6) is -1.10. The summed E-state index contributed by atoms with van der Waals surface area (Å²) < 4.78 is 68.1. The fourth-order valence-electron chi connectivity index (χ4n) is 5.55. The van der Waals surface area contributed by atoms with E-state index in [1.807, 2.05) is 0 Å². The Labute approximate surface area is 188 Å². The zero-order chi connectivity index (χ0) is 23.1. The maximum Gasteiger partial charge on any atom is 0.573 e. The van der Waals surface area contributed by atoms with Crippen LogP contribution in [0.2, 0.25) is 0 Å². The fourth-order valence-corrected chi connectivity index (χ4v) is 5.55. The van der Waals surface area contributed by atoms with E-state index in [2.05, 4.69) is 23.8 Å².